The maximum absolute atomic E-state index is 2.53. The normalized spacial score (nSPS) is 13.3. The van der Waals surface area contributed by atoms with Crippen molar-refractivity contribution >= 4 is 62.6 Å². The SMILES string of the molecule is Cc1cccc(N(c2ccccc2)c2cc(C)c(N(c3cc(C)c(N(C4=CC(C)CC=C4)c4ccccc4)cc3C)c3cc(C)c(N(c4ccccc4)c4cccc(C)c4)cc3C)cc2C)c1. The predicted molar refractivity (Wildman–Crippen MR) is 288 cm³/mol. The number of hydrogen-bond acceptors (Lipinski definition) is 4. The first kappa shape index (κ1) is 44.6. The first-order chi connectivity index (χ1) is 32.4. The molecule has 9 rings (SSSR count). The standard InChI is InChI=1S/C63H62N4/c1-43-22-19-31-55(34-43)64(52-25-13-10-14-26-52)58-37-49(7)61(40-46(58)4)67(62-41-47(5)59(38-50(62)8)65(53-27-15-11-16-28-53)56-32-20-23-44(2)35-56)63-42-48(6)60(39-51(63)9)66(54-29-17-12-18-30-54)57-33-21-24-45(3)36-57/h10-23,25-42,45H,24H2,1-9H3. The first-order valence-corrected chi connectivity index (χ1v) is 23.7. The van der Waals surface area contributed by atoms with Gasteiger partial charge in [-0.15, -0.1) is 0 Å². The Morgan fingerprint density at radius 2 is 0.642 bits per heavy atom. The zero-order valence-corrected chi connectivity index (χ0v) is 40.5. The van der Waals surface area contributed by atoms with E-state index in [-0.39, 0.29) is 0 Å². The summed E-state index contributed by atoms with van der Waals surface area (Å²) in [5.41, 5.74) is 23.4. The van der Waals surface area contributed by atoms with Gasteiger partial charge in [-0.05, 0) is 215 Å². The lowest BCUT2D eigenvalue weighted by atomic mass is 9.97. The molecule has 0 spiro atoms. The molecule has 0 radical (unpaired) electrons. The Morgan fingerprint density at radius 1 is 0.328 bits per heavy atom. The fourth-order valence-electron chi connectivity index (χ4n) is 9.71. The third-order valence-corrected chi connectivity index (χ3v) is 13.1. The van der Waals surface area contributed by atoms with Crippen molar-refractivity contribution in [1.29, 1.82) is 0 Å². The second-order valence-corrected chi connectivity index (χ2v) is 18.5. The molecule has 8 aromatic rings. The van der Waals surface area contributed by atoms with Crippen molar-refractivity contribution in [3.8, 4) is 0 Å². The molecule has 1 atom stereocenters. The predicted octanol–water partition coefficient (Wildman–Crippen LogP) is 18.2. The summed E-state index contributed by atoms with van der Waals surface area (Å²) in [5.74, 6) is 0.457. The molecule has 0 bridgehead atoms. The van der Waals surface area contributed by atoms with Gasteiger partial charge in [-0.3, -0.25) is 0 Å². The number of anilines is 11. The maximum atomic E-state index is 2.53. The highest BCUT2D eigenvalue weighted by atomic mass is 15.2. The zero-order valence-electron chi connectivity index (χ0n) is 40.5. The van der Waals surface area contributed by atoms with Gasteiger partial charge in [0.05, 0.1) is 0 Å². The molecule has 1 unspecified atom stereocenters. The van der Waals surface area contributed by atoms with E-state index in [9.17, 15) is 0 Å². The lowest BCUT2D eigenvalue weighted by Gasteiger charge is -2.35. The van der Waals surface area contributed by atoms with E-state index in [2.05, 4.69) is 276 Å². The Morgan fingerprint density at radius 3 is 0.985 bits per heavy atom. The van der Waals surface area contributed by atoms with E-state index in [0.29, 0.717) is 5.92 Å². The molecule has 0 N–H and O–H groups in total. The third-order valence-electron chi connectivity index (χ3n) is 13.1. The van der Waals surface area contributed by atoms with E-state index in [4.69, 9.17) is 0 Å². The zero-order chi connectivity index (χ0) is 46.8. The van der Waals surface area contributed by atoms with Crippen LogP contribution in [0, 0.1) is 61.3 Å². The summed E-state index contributed by atoms with van der Waals surface area (Å²) < 4.78 is 0. The van der Waals surface area contributed by atoms with Crippen molar-refractivity contribution in [3.05, 3.63) is 244 Å². The van der Waals surface area contributed by atoms with E-state index in [0.717, 1.165) is 63.3 Å². The number of rotatable bonds is 12. The summed E-state index contributed by atoms with van der Waals surface area (Å²) in [6, 6.07) is 64.3. The molecule has 1 aliphatic rings. The maximum Gasteiger partial charge on any atom is 0.0495 e. The quantitative estimate of drug-likeness (QED) is 0.121. The summed E-state index contributed by atoms with van der Waals surface area (Å²) in [5, 5.41) is 0. The molecule has 4 heteroatoms. The molecule has 0 saturated heterocycles. The molecule has 0 aliphatic heterocycles. The van der Waals surface area contributed by atoms with Crippen molar-refractivity contribution in [3.63, 3.8) is 0 Å². The number of aryl methyl sites for hydroxylation is 8. The van der Waals surface area contributed by atoms with Crippen LogP contribution >= 0.6 is 0 Å². The molecule has 1 aliphatic carbocycles. The van der Waals surface area contributed by atoms with E-state index >= 15 is 0 Å². The van der Waals surface area contributed by atoms with Gasteiger partial charge in [0.2, 0.25) is 0 Å². The molecule has 334 valence electrons. The van der Waals surface area contributed by atoms with Gasteiger partial charge < -0.3 is 19.6 Å². The number of nitrogens with zero attached hydrogens (tertiary/aromatic N) is 4. The largest absolute Gasteiger partial charge is 0.311 e. The Balaban J connectivity index is 1.25. The first-order valence-electron chi connectivity index (χ1n) is 23.7. The van der Waals surface area contributed by atoms with Crippen molar-refractivity contribution in [2.45, 2.75) is 68.7 Å². The van der Waals surface area contributed by atoms with Crippen molar-refractivity contribution in [2.75, 3.05) is 19.6 Å². The fourth-order valence-corrected chi connectivity index (χ4v) is 9.71. The summed E-state index contributed by atoms with van der Waals surface area (Å²) in [6.45, 7) is 20.2. The van der Waals surface area contributed by atoms with Gasteiger partial charge in [0.15, 0.2) is 0 Å². The van der Waals surface area contributed by atoms with Crippen LogP contribution in [0.15, 0.2) is 200 Å². The van der Waals surface area contributed by atoms with E-state index < -0.39 is 0 Å². The van der Waals surface area contributed by atoms with Gasteiger partial charge in [-0.25, -0.2) is 0 Å². The lowest BCUT2D eigenvalue weighted by molar-refractivity contribution is 0.726. The molecule has 0 fully saturated rings. The van der Waals surface area contributed by atoms with Crippen molar-refractivity contribution < 1.29 is 0 Å². The third kappa shape index (κ3) is 9.18. The number of benzene rings is 8. The van der Waals surface area contributed by atoms with Crippen LogP contribution in [0.5, 0.6) is 0 Å². The van der Waals surface area contributed by atoms with E-state index in [1.54, 1.807) is 0 Å². The minimum atomic E-state index is 0.457. The number of allylic oxidation sites excluding steroid dienone is 3. The highest BCUT2D eigenvalue weighted by Gasteiger charge is 2.27. The monoisotopic (exact) mass is 874 g/mol. The molecule has 67 heavy (non-hydrogen) atoms. The van der Waals surface area contributed by atoms with Crippen LogP contribution in [0.2, 0.25) is 0 Å². The van der Waals surface area contributed by atoms with Crippen LogP contribution in [-0.2, 0) is 0 Å². The van der Waals surface area contributed by atoms with E-state index in [1.807, 2.05) is 0 Å². The number of para-hydroxylation sites is 3. The van der Waals surface area contributed by atoms with Crippen LogP contribution in [0.4, 0.5) is 62.6 Å². The van der Waals surface area contributed by atoms with Gasteiger partial charge in [-0.2, -0.15) is 0 Å². The minimum absolute atomic E-state index is 0.457. The Kier molecular flexibility index (Phi) is 12.7. The van der Waals surface area contributed by atoms with Gasteiger partial charge in [0.25, 0.3) is 0 Å². The summed E-state index contributed by atoms with van der Waals surface area (Å²) in [4.78, 5) is 9.76. The summed E-state index contributed by atoms with van der Waals surface area (Å²) in [7, 11) is 0. The van der Waals surface area contributed by atoms with Gasteiger partial charge in [0.1, 0.15) is 0 Å². The molecule has 0 heterocycles. The van der Waals surface area contributed by atoms with Crippen LogP contribution in [0.3, 0.4) is 0 Å². The summed E-state index contributed by atoms with van der Waals surface area (Å²) >= 11 is 0. The minimum Gasteiger partial charge on any atom is -0.311 e. The highest BCUT2D eigenvalue weighted by Crippen LogP contribution is 2.49. The summed E-state index contributed by atoms with van der Waals surface area (Å²) in [6.07, 6.45) is 8.06. The van der Waals surface area contributed by atoms with Gasteiger partial charge in [-0.1, -0.05) is 97.9 Å². The molecule has 0 amide bonds. The van der Waals surface area contributed by atoms with Crippen molar-refractivity contribution in [1.82, 2.24) is 0 Å². The van der Waals surface area contributed by atoms with Gasteiger partial charge in [0, 0.05) is 68.3 Å². The second-order valence-electron chi connectivity index (χ2n) is 18.5. The molecule has 0 saturated carbocycles. The Bertz CT molecular complexity index is 2970. The average Bonchev–Trinajstić information content (AvgIpc) is 3.32. The van der Waals surface area contributed by atoms with Gasteiger partial charge >= 0.3 is 0 Å². The molecule has 4 nitrogen and oxygen atoms in total. The number of hydrogen-bond donors (Lipinski definition) is 0. The van der Waals surface area contributed by atoms with Crippen molar-refractivity contribution in [2.24, 2.45) is 5.92 Å². The average molecular weight is 875 g/mol. The molecular formula is C63H62N4. The molecule has 8 aromatic carbocycles. The fraction of sp³-hybridized carbons (Fsp3) is 0.175. The topological polar surface area (TPSA) is 13.0 Å². The smallest absolute Gasteiger partial charge is 0.0495 e. The Hall–Kier alpha value is -7.56. The van der Waals surface area contributed by atoms with Crippen LogP contribution in [0.1, 0.15) is 57.9 Å². The van der Waals surface area contributed by atoms with Crippen LogP contribution < -0.4 is 19.6 Å². The lowest BCUT2D eigenvalue weighted by Crippen LogP contribution is -2.20. The molecule has 0 aromatic heterocycles. The second kappa shape index (κ2) is 19.1. The highest BCUT2D eigenvalue weighted by molar-refractivity contribution is 5.90. The Labute approximate surface area is 399 Å². The molecular weight excluding hydrogens is 813 g/mol. The van der Waals surface area contributed by atoms with Crippen LogP contribution in [0.25, 0.3) is 0 Å². The van der Waals surface area contributed by atoms with E-state index in [1.165, 1.54) is 55.9 Å². The van der Waals surface area contributed by atoms with Crippen LogP contribution in [-0.4, -0.2) is 0 Å².